The number of nitrogen functional groups attached to an aromatic ring is 1. The van der Waals surface area contributed by atoms with E-state index >= 15 is 0 Å². The van der Waals surface area contributed by atoms with Crippen molar-refractivity contribution < 1.29 is 82.3 Å². The maximum atomic E-state index is 14.2. The van der Waals surface area contributed by atoms with Gasteiger partial charge in [0.2, 0.25) is 0 Å². The lowest BCUT2D eigenvalue weighted by atomic mass is 9.87. The van der Waals surface area contributed by atoms with Crippen molar-refractivity contribution in [3.8, 4) is 11.3 Å². The van der Waals surface area contributed by atoms with Crippen LogP contribution >= 0.6 is 0 Å². The van der Waals surface area contributed by atoms with E-state index in [-0.39, 0.29) is 29.5 Å². The largest absolute Gasteiger partial charge is 0.490 e. The van der Waals surface area contributed by atoms with Crippen LogP contribution in [0, 0.1) is 6.92 Å². The Labute approximate surface area is 272 Å². The Balaban J connectivity index is 0.000000521. The molecule has 1 unspecified atom stereocenters. The second kappa shape index (κ2) is 15.7. The molecule has 11 nitrogen and oxygen atoms in total. The fourth-order valence-electron chi connectivity index (χ4n) is 4.31. The third-order valence-electron chi connectivity index (χ3n) is 6.89. The summed E-state index contributed by atoms with van der Waals surface area (Å²) in [6.07, 6.45) is -17.4. The van der Waals surface area contributed by atoms with Crippen molar-refractivity contribution in [2.45, 2.75) is 62.5 Å². The van der Waals surface area contributed by atoms with Crippen LogP contribution in [0.1, 0.15) is 36.1 Å². The van der Waals surface area contributed by atoms with E-state index in [9.17, 15) is 57.8 Å². The van der Waals surface area contributed by atoms with Crippen LogP contribution in [0.5, 0.6) is 0 Å². The number of nitrogens with one attached hydrogen (secondary N) is 1. The molecule has 0 spiro atoms. The Kier molecular flexibility index (Phi) is 13.1. The number of anilines is 1. The number of carboxylic acids is 2. The minimum Gasteiger partial charge on any atom is -0.475 e. The first-order chi connectivity index (χ1) is 22.7. The van der Waals surface area contributed by atoms with E-state index in [0.717, 1.165) is 10.5 Å². The zero-order valence-corrected chi connectivity index (χ0v) is 25.2. The maximum absolute atomic E-state index is 14.2. The van der Waals surface area contributed by atoms with Gasteiger partial charge in [0.05, 0.1) is 11.9 Å². The second-order valence-corrected chi connectivity index (χ2v) is 10.4. The number of ether oxygens (including phenoxy) is 1. The van der Waals surface area contributed by atoms with Crippen molar-refractivity contribution in [3.05, 3.63) is 47.4 Å². The Morgan fingerprint density at radius 3 is 1.94 bits per heavy atom. The molecule has 1 aliphatic heterocycles. The van der Waals surface area contributed by atoms with E-state index < -0.39 is 65.7 Å². The van der Waals surface area contributed by atoms with Gasteiger partial charge in [0.15, 0.2) is 22.8 Å². The Morgan fingerprint density at radius 2 is 1.48 bits per heavy atom. The van der Waals surface area contributed by atoms with Crippen molar-refractivity contribution >= 4 is 23.4 Å². The summed E-state index contributed by atoms with van der Waals surface area (Å²) in [6.45, 7) is 2.51. The minimum absolute atomic E-state index is 0.00938. The van der Waals surface area contributed by atoms with Crippen molar-refractivity contribution in [3.63, 3.8) is 0 Å². The molecule has 3 aromatic rings. The van der Waals surface area contributed by atoms with Crippen molar-refractivity contribution in [1.82, 2.24) is 19.7 Å². The molecule has 3 heterocycles. The van der Waals surface area contributed by atoms with Gasteiger partial charge in [-0.3, -0.25) is 4.40 Å². The first kappa shape index (κ1) is 41.8. The predicted octanol–water partition coefficient (Wildman–Crippen LogP) is 5.48. The third-order valence-corrected chi connectivity index (χ3v) is 6.89. The predicted molar refractivity (Wildman–Crippen MR) is 146 cm³/mol. The number of aliphatic hydroxyl groups is 1. The van der Waals surface area contributed by atoms with E-state index in [2.05, 4.69) is 15.3 Å². The second-order valence-electron chi connectivity index (χ2n) is 10.4. The quantitative estimate of drug-likeness (QED) is 0.204. The zero-order valence-electron chi connectivity index (χ0n) is 25.2. The smallest absolute Gasteiger partial charge is 0.475 e. The van der Waals surface area contributed by atoms with E-state index in [1.54, 1.807) is 6.92 Å². The highest BCUT2D eigenvalue weighted by Gasteiger charge is 2.54. The molecule has 0 bridgehead atoms. The van der Waals surface area contributed by atoms with E-state index in [1.165, 1.54) is 18.3 Å². The SMILES string of the molecule is Cc1ccc(C(O)(CCNC2CCOCC2)C(F)(F)F)cc1-c1cnc2c(N)nc(C(F)(F)F)cn12.O=C(O)C(F)(F)F.O=C(O)C(F)(F)F. The summed E-state index contributed by atoms with van der Waals surface area (Å²) in [5.41, 5.74) is 1.40. The van der Waals surface area contributed by atoms with Gasteiger partial charge < -0.3 is 31.1 Å². The van der Waals surface area contributed by atoms with Crippen molar-refractivity contribution in [2.24, 2.45) is 0 Å². The normalized spacial score (nSPS) is 15.7. The van der Waals surface area contributed by atoms with Crippen LogP contribution in [-0.4, -0.2) is 86.0 Å². The molecule has 280 valence electrons. The van der Waals surface area contributed by atoms with E-state index in [4.69, 9.17) is 30.3 Å². The molecular formula is C27H27F12N5O6. The number of halogens is 12. The molecule has 1 atom stereocenters. The van der Waals surface area contributed by atoms with Gasteiger partial charge in [-0.05, 0) is 43.5 Å². The van der Waals surface area contributed by atoms with Crippen LogP contribution in [0.4, 0.5) is 58.5 Å². The highest BCUT2D eigenvalue weighted by Crippen LogP contribution is 2.43. The standard InChI is InChI=1S/C23H25F6N5O2.2C2HF3O2/c1-13-2-3-14(21(35,23(27,28)29)6-7-31-15-4-8-36-9-5-15)10-16(13)17-11-32-20-19(30)33-18(12-34(17)20)22(24,25)26;2*3-2(4,5)1(6)7/h2-3,10-12,15,31,35H,4-9H2,1H3,(H2,30,33);2*(H,6,7). The Hall–Kier alpha value is -4.38. The molecule has 1 saturated heterocycles. The molecule has 1 aromatic carbocycles. The van der Waals surface area contributed by atoms with Crippen LogP contribution in [0.3, 0.4) is 0 Å². The molecule has 0 radical (unpaired) electrons. The first-order valence-corrected chi connectivity index (χ1v) is 13.7. The summed E-state index contributed by atoms with van der Waals surface area (Å²) >= 11 is 0. The van der Waals surface area contributed by atoms with E-state index in [1.807, 2.05) is 0 Å². The lowest BCUT2D eigenvalue weighted by Gasteiger charge is -2.33. The molecule has 0 amide bonds. The van der Waals surface area contributed by atoms with Gasteiger partial charge >= 0.3 is 36.6 Å². The number of benzene rings is 1. The molecule has 1 fully saturated rings. The molecule has 0 aliphatic carbocycles. The Morgan fingerprint density at radius 1 is 0.960 bits per heavy atom. The number of aromatic nitrogens is 3. The molecule has 2 aromatic heterocycles. The summed E-state index contributed by atoms with van der Waals surface area (Å²) in [7, 11) is 0. The van der Waals surface area contributed by atoms with Crippen LogP contribution < -0.4 is 11.1 Å². The fourth-order valence-corrected chi connectivity index (χ4v) is 4.31. The third kappa shape index (κ3) is 10.8. The number of carboxylic acid groups (broad SMARTS) is 2. The monoisotopic (exact) mass is 745 g/mol. The number of nitrogens with two attached hydrogens (primary N) is 1. The number of rotatable bonds is 6. The fraction of sp³-hybridized carbons (Fsp3) is 0.481. The van der Waals surface area contributed by atoms with Crippen molar-refractivity contribution in [2.75, 3.05) is 25.5 Å². The van der Waals surface area contributed by atoms with Gasteiger partial charge in [0.1, 0.15) is 0 Å². The van der Waals surface area contributed by atoms with E-state index in [0.29, 0.717) is 37.8 Å². The van der Waals surface area contributed by atoms with Crippen LogP contribution in [0.15, 0.2) is 30.6 Å². The van der Waals surface area contributed by atoms with Crippen LogP contribution in [-0.2, 0) is 26.1 Å². The molecule has 6 N–H and O–H groups in total. The summed E-state index contributed by atoms with van der Waals surface area (Å²) in [6, 6.07) is 3.66. The topological polar surface area (TPSA) is 172 Å². The average molecular weight is 746 g/mol. The van der Waals surface area contributed by atoms with Crippen LogP contribution in [0.2, 0.25) is 0 Å². The highest BCUT2D eigenvalue weighted by atomic mass is 19.4. The summed E-state index contributed by atoms with van der Waals surface area (Å²) in [5.74, 6) is -5.99. The van der Waals surface area contributed by atoms with Gasteiger partial charge in [-0.15, -0.1) is 0 Å². The van der Waals surface area contributed by atoms with Gasteiger partial charge in [0, 0.05) is 37.4 Å². The first-order valence-electron chi connectivity index (χ1n) is 13.7. The van der Waals surface area contributed by atoms with Gasteiger partial charge in [-0.1, -0.05) is 12.1 Å². The molecule has 23 heteroatoms. The number of aryl methyl sites for hydroxylation is 1. The Bertz CT molecular complexity index is 1610. The van der Waals surface area contributed by atoms with Gasteiger partial charge in [-0.25, -0.2) is 19.6 Å². The maximum Gasteiger partial charge on any atom is 0.490 e. The molecular weight excluding hydrogens is 718 g/mol. The number of hydrogen-bond donors (Lipinski definition) is 5. The molecule has 4 rings (SSSR count). The number of carbonyl (C=O) groups is 2. The lowest BCUT2D eigenvalue weighted by molar-refractivity contribution is -0.268. The van der Waals surface area contributed by atoms with Crippen LogP contribution in [0.25, 0.3) is 16.9 Å². The number of imidazole rings is 1. The van der Waals surface area contributed by atoms with Gasteiger partial charge in [0.25, 0.3) is 0 Å². The summed E-state index contributed by atoms with van der Waals surface area (Å²) in [4.78, 5) is 25.1. The lowest BCUT2D eigenvalue weighted by Crippen LogP contribution is -2.46. The highest BCUT2D eigenvalue weighted by molar-refractivity contribution is 5.73. The zero-order chi connectivity index (χ0) is 38.5. The molecule has 0 saturated carbocycles. The van der Waals surface area contributed by atoms with Gasteiger partial charge in [-0.2, -0.15) is 52.7 Å². The number of aliphatic carboxylic acids is 2. The number of alkyl halides is 12. The number of fused-ring (bicyclic) bond motifs is 1. The molecule has 50 heavy (non-hydrogen) atoms. The average Bonchev–Trinajstić information content (AvgIpc) is 3.41. The molecule has 1 aliphatic rings. The summed E-state index contributed by atoms with van der Waals surface area (Å²) in [5, 5.41) is 28.2. The van der Waals surface area contributed by atoms with Crippen molar-refractivity contribution in [1.29, 1.82) is 0 Å². The number of hydrogen-bond acceptors (Lipinski definition) is 8. The summed E-state index contributed by atoms with van der Waals surface area (Å²) < 4.78 is 152. The minimum atomic E-state index is -5.08. The number of nitrogens with zero attached hydrogens (tertiary/aromatic N) is 3.